The topological polar surface area (TPSA) is 66.6 Å². The number of aromatic nitrogens is 2. The molecule has 0 atom stereocenters. The highest BCUT2D eigenvalue weighted by atomic mass is 15.3. The lowest BCUT2D eigenvalue weighted by Gasteiger charge is -1.93. The molecule has 1 aliphatic carbocycles. The summed E-state index contributed by atoms with van der Waals surface area (Å²) in [6.07, 6.45) is 3.39. The van der Waals surface area contributed by atoms with Crippen molar-refractivity contribution in [3.63, 3.8) is 0 Å². The van der Waals surface area contributed by atoms with Crippen LogP contribution in [0.2, 0.25) is 0 Å². The van der Waals surface area contributed by atoms with Gasteiger partial charge in [-0.2, -0.15) is 5.10 Å². The van der Waals surface area contributed by atoms with Gasteiger partial charge in [0.15, 0.2) is 0 Å². The molecule has 0 saturated carbocycles. The molecule has 0 radical (unpaired) electrons. The lowest BCUT2D eigenvalue weighted by molar-refractivity contribution is 0.688. The maximum Gasteiger partial charge on any atom is 0.0717 e. The maximum atomic E-state index is 8.21. The first-order valence-corrected chi connectivity index (χ1v) is 4.37. The molecule has 5 nitrogen and oxygen atoms in total. The molecule has 0 N–H and O–H groups in total. The lowest BCUT2D eigenvalue weighted by atomic mass is 10.2. The van der Waals surface area contributed by atoms with E-state index in [9.17, 15) is 0 Å². The number of rotatable bonds is 2. The monoisotopic (exact) mass is 177 g/mol. The van der Waals surface area contributed by atoms with Gasteiger partial charge in [0.1, 0.15) is 0 Å². The molecule has 0 bridgehead atoms. The van der Waals surface area contributed by atoms with Crippen molar-refractivity contribution in [1.29, 1.82) is 0 Å². The molecule has 0 aromatic carbocycles. The van der Waals surface area contributed by atoms with Gasteiger partial charge >= 0.3 is 0 Å². The molecule has 0 fully saturated rings. The van der Waals surface area contributed by atoms with Crippen molar-refractivity contribution in [3.05, 3.63) is 27.4 Å². The Kier molecular flexibility index (Phi) is 1.94. The number of nitrogens with zero attached hydrogens (tertiary/aromatic N) is 5. The van der Waals surface area contributed by atoms with Crippen molar-refractivity contribution < 1.29 is 0 Å². The zero-order valence-corrected chi connectivity index (χ0v) is 7.56. The van der Waals surface area contributed by atoms with E-state index in [1.807, 2.05) is 11.7 Å². The summed E-state index contributed by atoms with van der Waals surface area (Å²) in [4.78, 5) is 2.74. The molecule has 0 saturated heterocycles. The fraction of sp³-hybridized carbons (Fsp3) is 0.625. The normalized spacial score (nSPS) is 13.9. The number of fused-ring (bicyclic) bond motifs is 1. The van der Waals surface area contributed by atoms with E-state index in [1.54, 1.807) is 0 Å². The molecule has 68 valence electrons. The van der Waals surface area contributed by atoms with Crippen molar-refractivity contribution in [2.24, 2.45) is 12.2 Å². The maximum absolute atomic E-state index is 8.21. The second-order valence-electron chi connectivity index (χ2n) is 3.24. The van der Waals surface area contributed by atoms with Crippen molar-refractivity contribution in [1.82, 2.24) is 9.78 Å². The van der Waals surface area contributed by atoms with E-state index in [4.69, 9.17) is 5.53 Å². The number of aryl methyl sites for hydroxylation is 1. The minimum Gasteiger partial charge on any atom is -0.272 e. The standard InChI is InChI=1S/C8H11N5/c1-13-8-4-2-3-6(8)7(11-13)5-10-12-9/h2-5H2,1H3. The predicted octanol–water partition coefficient (Wildman–Crippen LogP) is 1.72. The van der Waals surface area contributed by atoms with Crippen molar-refractivity contribution >= 4 is 0 Å². The SMILES string of the molecule is Cn1nc(CN=[N+]=[N-])c2c1CCC2. The number of hydrogen-bond acceptors (Lipinski definition) is 2. The second-order valence-corrected chi connectivity index (χ2v) is 3.24. The minimum absolute atomic E-state index is 0.389. The van der Waals surface area contributed by atoms with Crippen molar-refractivity contribution in [3.8, 4) is 0 Å². The van der Waals surface area contributed by atoms with E-state index < -0.39 is 0 Å². The first-order chi connectivity index (χ1) is 6.33. The summed E-state index contributed by atoms with van der Waals surface area (Å²) in [5.74, 6) is 0. The van der Waals surface area contributed by atoms with Crippen LogP contribution in [0.5, 0.6) is 0 Å². The Balaban J connectivity index is 2.36. The molecule has 0 amide bonds. The van der Waals surface area contributed by atoms with Gasteiger partial charge < -0.3 is 0 Å². The van der Waals surface area contributed by atoms with Gasteiger partial charge in [0.2, 0.25) is 0 Å². The average molecular weight is 177 g/mol. The molecular formula is C8H11N5. The zero-order chi connectivity index (χ0) is 9.26. The Morgan fingerprint density at radius 3 is 3.23 bits per heavy atom. The van der Waals surface area contributed by atoms with E-state index in [0.717, 1.165) is 18.5 Å². The molecule has 1 heterocycles. The van der Waals surface area contributed by atoms with Crippen molar-refractivity contribution in [2.75, 3.05) is 0 Å². The molecule has 2 rings (SSSR count). The quantitative estimate of drug-likeness (QED) is 0.385. The molecule has 1 aromatic heterocycles. The van der Waals surface area contributed by atoms with Gasteiger partial charge in [-0.3, -0.25) is 4.68 Å². The van der Waals surface area contributed by atoms with Crippen LogP contribution in [0.3, 0.4) is 0 Å². The van der Waals surface area contributed by atoms with Gasteiger partial charge in [0, 0.05) is 17.7 Å². The first kappa shape index (κ1) is 8.13. The van der Waals surface area contributed by atoms with Gasteiger partial charge in [0.25, 0.3) is 0 Å². The highest BCUT2D eigenvalue weighted by Gasteiger charge is 2.19. The van der Waals surface area contributed by atoms with E-state index in [0.29, 0.717) is 6.54 Å². The highest BCUT2D eigenvalue weighted by molar-refractivity contribution is 5.30. The Morgan fingerprint density at radius 2 is 2.46 bits per heavy atom. The number of azide groups is 1. The van der Waals surface area contributed by atoms with Crippen LogP contribution in [0.25, 0.3) is 10.4 Å². The summed E-state index contributed by atoms with van der Waals surface area (Å²) < 4.78 is 1.91. The first-order valence-electron chi connectivity index (χ1n) is 4.37. The van der Waals surface area contributed by atoms with Crippen LogP contribution in [-0.4, -0.2) is 9.78 Å². The summed E-state index contributed by atoms with van der Waals surface area (Å²) in [5.41, 5.74) is 11.8. The van der Waals surface area contributed by atoms with Gasteiger partial charge in [0.05, 0.1) is 12.2 Å². The van der Waals surface area contributed by atoms with Crippen molar-refractivity contribution in [2.45, 2.75) is 25.8 Å². The Hall–Kier alpha value is -1.48. The molecule has 1 aliphatic rings. The summed E-state index contributed by atoms with van der Waals surface area (Å²) in [5, 5.41) is 7.86. The molecular weight excluding hydrogens is 166 g/mol. The van der Waals surface area contributed by atoms with Crippen LogP contribution in [-0.2, 0) is 26.4 Å². The zero-order valence-electron chi connectivity index (χ0n) is 7.56. The summed E-state index contributed by atoms with van der Waals surface area (Å²) >= 11 is 0. The Morgan fingerprint density at radius 1 is 1.62 bits per heavy atom. The van der Waals surface area contributed by atoms with E-state index in [1.165, 1.54) is 17.7 Å². The smallest absolute Gasteiger partial charge is 0.0717 e. The largest absolute Gasteiger partial charge is 0.272 e. The fourth-order valence-electron chi connectivity index (χ4n) is 1.92. The summed E-state index contributed by atoms with van der Waals surface area (Å²) in [6.45, 7) is 0.389. The number of hydrogen-bond donors (Lipinski definition) is 0. The minimum atomic E-state index is 0.389. The Labute approximate surface area is 76.0 Å². The average Bonchev–Trinajstić information content (AvgIpc) is 2.67. The van der Waals surface area contributed by atoms with Crippen LogP contribution in [0.15, 0.2) is 5.11 Å². The third-order valence-corrected chi connectivity index (χ3v) is 2.48. The van der Waals surface area contributed by atoms with Crippen LogP contribution >= 0.6 is 0 Å². The van der Waals surface area contributed by atoms with Gasteiger partial charge in [-0.25, -0.2) is 0 Å². The molecule has 1 aromatic rings. The van der Waals surface area contributed by atoms with Crippen LogP contribution < -0.4 is 0 Å². The van der Waals surface area contributed by atoms with Crippen LogP contribution in [0, 0.1) is 0 Å². The molecule has 0 aliphatic heterocycles. The molecule has 13 heavy (non-hydrogen) atoms. The predicted molar refractivity (Wildman–Crippen MR) is 48.1 cm³/mol. The van der Waals surface area contributed by atoms with E-state index in [-0.39, 0.29) is 0 Å². The molecule has 0 spiro atoms. The van der Waals surface area contributed by atoms with E-state index >= 15 is 0 Å². The second kappa shape index (κ2) is 3.11. The fourth-order valence-corrected chi connectivity index (χ4v) is 1.92. The summed E-state index contributed by atoms with van der Waals surface area (Å²) in [7, 11) is 1.95. The Bertz CT molecular complexity index is 372. The molecule has 5 heteroatoms. The summed E-state index contributed by atoms with van der Waals surface area (Å²) in [6, 6.07) is 0. The van der Waals surface area contributed by atoms with Gasteiger partial charge in [-0.1, -0.05) is 5.11 Å². The van der Waals surface area contributed by atoms with E-state index in [2.05, 4.69) is 15.1 Å². The molecule has 0 unspecified atom stereocenters. The lowest BCUT2D eigenvalue weighted by Crippen LogP contribution is -1.96. The third-order valence-electron chi connectivity index (χ3n) is 2.48. The van der Waals surface area contributed by atoms with Gasteiger partial charge in [-0.15, -0.1) is 0 Å². The third kappa shape index (κ3) is 1.27. The van der Waals surface area contributed by atoms with Crippen LogP contribution in [0.1, 0.15) is 23.4 Å². The van der Waals surface area contributed by atoms with Gasteiger partial charge in [-0.05, 0) is 30.4 Å². The highest BCUT2D eigenvalue weighted by Crippen LogP contribution is 2.24. The van der Waals surface area contributed by atoms with Crippen LogP contribution in [0.4, 0.5) is 0 Å².